The monoisotopic (exact) mass is 439 g/mol. The fourth-order valence-electron chi connectivity index (χ4n) is 3.81. The molecule has 0 radical (unpaired) electrons. The number of nitrogens with zero attached hydrogens (tertiary/aromatic N) is 4. The number of rotatable bonds is 6. The molecule has 0 atom stereocenters. The van der Waals surface area contributed by atoms with E-state index in [4.69, 9.17) is 21.6 Å². The number of hydrogen-bond donors (Lipinski definition) is 1. The van der Waals surface area contributed by atoms with Crippen molar-refractivity contribution in [2.24, 2.45) is 5.92 Å². The van der Waals surface area contributed by atoms with E-state index in [9.17, 15) is 9.59 Å². The van der Waals surface area contributed by atoms with Crippen LogP contribution in [0.15, 0.2) is 30.6 Å². The van der Waals surface area contributed by atoms with Crippen molar-refractivity contribution in [3.63, 3.8) is 0 Å². The molecular formula is C22H22ClN5O3. The fourth-order valence-corrected chi connectivity index (χ4v) is 4.02. The molecule has 2 heterocycles. The molecule has 0 spiro atoms. The Morgan fingerprint density at radius 2 is 1.94 bits per heavy atom. The fraction of sp³-hybridized carbons (Fsp3) is 0.409. The molecule has 0 bridgehead atoms. The van der Waals surface area contributed by atoms with Crippen LogP contribution in [-0.2, 0) is 4.79 Å². The van der Waals surface area contributed by atoms with E-state index >= 15 is 0 Å². The highest BCUT2D eigenvalue weighted by atomic mass is 35.5. The molecule has 1 saturated carbocycles. The molecule has 1 N–H and O–H groups in total. The molecule has 9 heteroatoms. The van der Waals surface area contributed by atoms with E-state index in [1.165, 1.54) is 12.4 Å². The maximum atomic E-state index is 12.5. The zero-order valence-electron chi connectivity index (χ0n) is 16.8. The Morgan fingerprint density at radius 1 is 1.23 bits per heavy atom. The van der Waals surface area contributed by atoms with E-state index in [-0.39, 0.29) is 24.0 Å². The lowest BCUT2D eigenvalue weighted by atomic mass is 9.92. The first kappa shape index (κ1) is 21.1. The van der Waals surface area contributed by atoms with Gasteiger partial charge in [-0.2, -0.15) is 5.26 Å². The van der Waals surface area contributed by atoms with Gasteiger partial charge >= 0.3 is 0 Å². The highest BCUT2D eigenvalue weighted by Gasteiger charge is 2.28. The molecule has 2 aromatic rings. The maximum Gasteiger partial charge on any atom is 0.254 e. The molecule has 2 fully saturated rings. The molecule has 1 saturated heterocycles. The molecule has 0 unspecified atom stereocenters. The van der Waals surface area contributed by atoms with Gasteiger partial charge in [-0.1, -0.05) is 11.6 Å². The second kappa shape index (κ2) is 9.31. The first-order chi connectivity index (χ1) is 15.1. The van der Waals surface area contributed by atoms with Gasteiger partial charge in [0.2, 0.25) is 5.95 Å². The Bertz CT molecular complexity index is 993. The van der Waals surface area contributed by atoms with Crippen LogP contribution in [0.5, 0.6) is 5.75 Å². The second-order valence-corrected chi connectivity index (χ2v) is 8.30. The van der Waals surface area contributed by atoms with Gasteiger partial charge in [0, 0.05) is 43.5 Å². The van der Waals surface area contributed by atoms with E-state index in [1.54, 1.807) is 18.2 Å². The third-order valence-electron chi connectivity index (χ3n) is 5.66. The number of nitrogens with one attached hydrogen (secondary N) is 1. The summed E-state index contributed by atoms with van der Waals surface area (Å²) >= 11 is 6.06. The van der Waals surface area contributed by atoms with Gasteiger partial charge in [0.1, 0.15) is 18.1 Å². The largest absolute Gasteiger partial charge is 0.490 e. The number of nitriles is 1. The molecular weight excluding hydrogens is 418 g/mol. The number of hydrogen-bond acceptors (Lipinski definition) is 7. The van der Waals surface area contributed by atoms with E-state index in [2.05, 4.69) is 15.3 Å². The molecule has 160 valence electrons. The molecule has 2 aliphatic rings. The van der Waals surface area contributed by atoms with Crippen molar-refractivity contribution in [2.75, 3.05) is 18.0 Å². The zero-order valence-corrected chi connectivity index (χ0v) is 17.6. The Morgan fingerprint density at radius 3 is 2.55 bits per heavy atom. The van der Waals surface area contributed by atoms with E-state index in [0.717, 1.165) is 32.0 Å². The standard InChI is InChI=1S/C22H22ClN5O3/c23-20-7-19(4-1-15(20)8-24)31-18-5-2-17(3-6-18)27-21(30)16-9-25-22(26-10-16)28-11-14(12-28)13-29/h1,4,7,9-10,13-14,17-18H,2-3,5-6,11-12H2,(H,27,30). The number of aromatic nitrogens is 2. The predicted octanol–water partition coefficient (Wildman–Crippen LogP) is 2.76. The van der Waals surface area contributed by atoms with E-state index < -0.39 is 0 Å². The van der Waals surface area contributed by atoms with E-state index in [0.29, 0.717) is 40.9 Å². The number of aldehydes is 1. The third kappa shape index (κ3) is 4.94. The van der Waals surface area contributed by atoms with Crippen LogP contribution in [0.25, 0.3) is 0 Å². The summed E-state index contributed by atoms with van der Waals surface area (Å²) in [4.78, 5) is 33.6. The smallest absolute Gasteiger partial charge is 0.254 e. The predicted molar refractivity (Wildman–Crippen MR) is 114 cm³/mol. The summed E-state index contributed by atoms with van der Waals surface area (Å²) in [6.07, 6.45) is 7.27. The van der Waals surface area contributed by atoms with Crippen molar-refractivity contribution in [2.45, 2.75) is 37.8 Å². The minimum absolute atomic E-state index is 0.0413. The highest BCUT2D eigenvalue weighted by molar-refractivity contribution is 6.31. The number of anilines is 1. The normalized spacial score (nSPS) is 21.0. The van der Waals surface area contributed by atoms with E-state index in [1.807, 2.05) is 11.0 Å². The van der Waals surface area contributed by atoms with Gasteiger partial charge in [-0.3, -0.25) is 4.79 Å². The summed E-state index contributed by atoms with van der Waals surface area (Å²) in [6, 6.07) is 7.17. The van der Waals surface area contributed by atoms with Gasteiger partial charge in [0.05, 0.1) is 22.3 Å². The van der Waals surface area contributed by atoms with Gasteiger partial charge < -0.3 is 19.7 Å². The summed E-state index contributed by atoms with van der Waals surface area (Å²) in [7, 11) is 0. The van der Waals surface area contributed by atoms with Gasteiger partial charge in [-0.05, 0) is 37.8 Å². The van der Waals surface area contributed by atoms with Gasteiger partial charge in [0.15, 0.2) is 0 Å². The summed E-state index contributed by atoms with van der Waals surface area (Å²) in [5.41, 5.74) is 0.842. The van der Waals surface area contributed by atoms with Crippen LogP contribution >= 0.6 is 11.6 Å². The molecule has 1 aliphatic heterocycles. The minimum atomic E-state index is -0.191. The Hall–Kier alpha value is -3.18. The molecule has 4 rings (SSSR count). The summed E-state index contributed by atoms with van der Waals surface area (Å²) in [6.45, 7) is 1.24. The van der Waals surface area contributed by atoms with Gasteiger partial charge in [0.25, 0.3) is 5.91 Å². The first-order valence-corrected chi connectivity index (χ1v) is 10.6. The van der Waals surface area contributed by atoms with Crippen LogP contribution in [0.4, 0.5) is 5.95 Å². The SMILES string of the molecule is N#Cc1ccc(OC2CCC(NC(=O)c3cnc(N4CC(C=O)C4)nc3)CC2)cc1Cl. The lowest BCUT2D eigenvalue weighted by Gasteiger charge is -2.35. The van der Waals surface area contributed by atoms with Crippen molar-refractivity contribution >= 4 is 29.7 Å². The molecule has 31 heavy (non-hydrogen) atoms. The Balaban J connectivity index is 1.24. The van der Waals surface area contributed by atoms with Crippen LogP contribution in [0.3, 0.4) is 0 Å². The van der Waals surface area contributed by atoms with Crippen molar-refractivity contribution in [3.8, 4) is 11.8 Å². The minimum Gasteiger partial charge on any atom is -0.490 e. The lowest BCUT2D eigenvalue weighted by Crippen LogP contribution is -2.48. The quantitative estimate of drug-likeness (QED) is 0.689. The second-order valence-electron chi connectivity index (χ2n) is 7.89. The van der Waals surface area contributed by atoms with Crippen LogP contribution in [0.1, 0.15) is 41.6 Å². The average molecular weight is 440 g/mol. The summed E-state index contributed by atoms with van der Waals surface area (Å²) in [5.74, 6) is 1.04. The summed E-state index contributed by atoms with van der Waals surface area (Å²) < 4.78 is 5.99. The lowest BCUT2D eigenvalue weighted by molar-refractivity contribution is -0.111. The molecule has 1 aliphatic carbocycles. The van der Waals surface area contributed by atoms with Crippen LogP contribution < -0.4 is 15.0 Å². The average Bonchev–Trinajstić information content (AvgIpc) is 2.75. The molecule has 1 aromatic heterocycles. The van der Waals surface area contributed by atoms with Crippen molar-refractivity contribution in [1.82, 2.24) is 15.3 Å². The van der Waals surface area contributed by atoms with Crippen LogP contribution in [0, 0.1) is 17.2 Å². The Labute approximate surface area is 185 Å². The number of carbonyl (C=O) groups is 2. The van der Waals surface area contributed by atoms with Gasteiger partial charge in [-0.25, -0.2) is 9.97 Å². The summed E-state index contributed by atoms with van der Waals surface area (Å²) in [5, 5.41) is 12.4. The number of benzene rings is 1. The topological polar surface area (TPSA) is 108 Å². The van der Waals surface area contributed by atoms with Crippen LogP contribution in [-0.4, -0.2) is 47.4 Å². The number of carbonyl (C=O) groups excluding carboxylic acids is 2. The third-order valence-corrected chi connectivity index (χ3v) is 5.97. The molecule has 1 aromatic carbocycles. The molecule has 8 nitrogen and oxygen atoms in total. The van der Waals surface area contributed by atoms with Gasteiger partial charge in [-0.15, -0.1) is 0 Å². The molecule has 1 amide bonds. The number of amides is 1. The van der Waals surface area contributed by atoms with Crippen LogP contribution in [0.2, 0.25) is 5.02 Å². The van der Waals surface area contributed by atoms with Crippen molar-refractivity contribution < 1.29 is 14.3 Å². The number of halogens is 1. The Kier molecular flexibility index (Phi) is 6.33. The zero-order chi connectivity index (χ0) is 21.8. The van der Waals surface area contributed by atoms with Crippen molar-refractivity contribution in [1.29, 1.82) is 5.26 Å². The van der Waals surface area contributed by atoms with Crippen molar-refractivity contribution in [3.05, 3.63) is 46.7 Å². The number of ether oxygens (including phenoxy) is 1. The maximum absolute atomic E-state index is 12.5. The highest BCUT2D eigenvalue weighted by Crippen LogP contribution is 2.27. The first-order valence-electron chi connectivity index (χ1n) is 10.2.